The second kappa shape index (κ2) is 4.51. The molecule has 2 atom stereocenters. The van der Waals surface area contributed by atoms with Gasteiger partial charge in [-0.3, -0.25) is 4.79 Å². The molecule has 0 unspecified atom stereocenters. The number of imide groups is 1. The maximum absolute atomic E-state index is 13.4. The van der Waals surface area contributed by atoms with E-state index in [4.69, 9.17) is 4.74 Å². The monoisotopic (exact) mass is 309 g/mol. The number of amides is 2. The van der Waals surface area contributed by atoms with Crippen LogP contribution in [-0.4, -0.2) is 29.0 Å². The largest absolute Gasteiger partial charge is 0.443 e. The van der Waals surface area contributed by atoms with Crippen molar-refractivity contribution in [2.75, 3.05) is 6.54 Å². The van der Waals surface area contributed by atoms with Crippen LogP contribution in [0, 0.1) is 17.6 Å². The first-order valence-corrected chi connectivity index (χ1v) is 7.13. The first-order chi connectivity index (χ1) is 10.1. The van der Waals surface area contributed by atoms with Crippen molar-refractivity contribution in [3.8, 4) is 0 Å². The maximum atomic E-state index is 13.4. The number of nitrogens with zero attached hydrogens (tertiary/aromatic N) is 1. The molecule has 118 valence electrons. The molecule has 0 spiro atoms. The fourth-order valence-electron chi connectivity index (χ4n) is 3.08. The molecular weight excluding hydrogens is 292 g/mol. The van der Waals surface area contributed by atoms with E-state index in [1.165, 1.54) is 12.1 Å². The number of halogens is 2. The fourth-order valence-corrected chi connectivity index (χ4v) is 3.08. The molecule has 1 saturated heterocycles. The van der Waals surface area contributed by atoms with E-state index in [0.717, 1.165) is 11.0 Å². The summed E-state index contributed by atoms with van der Waals surface area (Å²) in [6.07, 6.45) is -0.199. The summed E-state index contributed by atoms with van der Waals surface area (Å²) in [5.74, 6) is -2.10. The highest BCUT2D eigenvalue weighted by Gasteiger charge is 2.67. The summed E-state index contributed by atoms with van der Waals surface area (Å²) < 4.78 is 32.0. The minimum Gasteiger partial charge on any atom is -0.443 e. The first kappa shape index (κ1) is 14.9. The summed E-state index contributed by atoms with van der Waals surface area (Å²) in [6.45, 7) is 5.24. The zero-order valence-electron chi connectivity index (χ0n) is 12.7. The summed E-state index contributed by atoms with van der Waals surface area (Å²) in [6, 6.07) is 3.25. The second-order valence-corrected chi connectivity index (χ2v) is 6.98. The summed E-state index contributed by atoms with van der Waals surface area (Å²) >= 11 is 0. The van der Waals surface area contributed by atoms with Gasteiger partial charge in [0, 0.05) is 18.0 Å². The first-order valence-electron chi connectivity index (χ1n) is 7.13. The smallest absolute Gasteiger partial charge is 0.417 e. The Morgan fingerprint density at radius 3 is 2.41 bits per heavy atom. The molecule has 1 saturated carbocycles. The highest BCUT2D eigenvalue weighted by Crippen LogP contribution is 2.59. The van der Waals surface area contributed by atoms with Crippen molar-refractivity contribution in [3.05, 3.63) is 35.4 Å². The van der Waals surface area contributed by atoms with Crippen LogP contribution in [0.5, 0.6) is 0 Å². The number of fused-ring (bicyclic) bond motifs is 1. The molecule has 0 aromatic heterocycles. The highest BCUT2D eigenvalue weighted by atomic mass is 19.1. The Morgan fingerprint density at radius 2 is 1.86 bits per heavy atom. The van der Waals surface area contributed by atoms with Gasteiger partial charge in [0.05, 0.1) is 5.92 Å². The molecule has 1 aliphatic heterocycles. The Morgan fingerprint density at radius 1 is 1.27 bits per heavy atom. The normalized spacial score (nSPS) is 26.9. The Hall–Kier alpha value is -1.98. The molecule has 2 amide bonds. The van der Waals surface area contributed by atoms with Crippen molar-refractivity contribution < 1.29 is 23.1 Å². The SMILES string of the molecule is CC(C)(C)OC(=O)N1C[C@@]2(c3cc(F)cc(F)c3)C[C@H]2C1=O. The van der Waals surface area contributed by atoms with Crippen molar-refractivity contribution in [1.82, 2.24) is 4.90 Å². The predicted octanol–water partition coefficient (Wildman–Crippen LogP) is 3.00. The number of hydrogen-bond acceptors (Lipinski definition) is 3. The lowest BCUT2D eigenvalue weighted by Crippen LogP contribution is -2.40. The number of benzene rings is 1. The number of carbonyl (C=O) groups is 2. The average molecular weight is 309 g/mol. The van der Waals surface area contributed by atoms with Crippen LogP contribution in [0.4, 0.5) is 13.6 Å². The van der Waals surface area contributed by atoms with Gasteiger partial charge >= 0.3 is 6.09 Å². The van der Waals surface area contributed by atoms with Crippen molar-refractivity contribution >= 4 is 12.0 Å². The summed E-state index contributed by atoms with van der Waals surface area (Å²) in [4.78, 5) is 25.4. The van der Waals surface area contributed by atoms with Crippen LogP contribution in [0.1, 0.15) is 32.8 Å². The molecule has 0 N–H and O–H groups in total. The van der Waals surface area contributed by atoms with Gasteiger partial charge < -0.3 is 4.74 Å². The molecule has 3 rings (SSSR count). The molecule has 1 aromatic carbocycles. The van der Waals surface area contributed by atoms with Crippen molar-refractivity contribution in [2.24, 2.45) is 5.92 Å². The minimum atomic E-state index is -0.707. The van der Waals surface area contributed by atoms with Crippen LogP contribution in [-0.2, 0) is 14.9 Å². The lowest BCUT2D eigenvalue weighted by molar-refractivity contribution is -0.129. The molecule has 1 aromatic rings. The van der Waals surface area contributed by atoms with E-state index >= 15 is 0 Å². The second-order valence-electron chi connectivity index (χ2n) is 6.98. The van der Waals surface area contributed by atoms with Crippen LogP contribution < -0.4 is 0 Å². The van der Waals surface area contributed by atoms with E-state index in [1.807, 2.05) is 0 Å². The van der Waals surface area contributed by atoms with E-state index in [2.05, 4.69) is 0 Å². The molecular formula is C16H17F2NO3. The van der Waals surface area contributed by atoms with E-state index in [-0.39, 0.29) is 12.5 Å². The zero-order chi connectivity index (χ0) is 16.3. The molecule has 4 nitrogen and oxygen atoms in total. The van der Waals surface area contributed by atoms with Gasteiger partial charge in [0.1, 0.15) is 17.2 Å². The Labute approximate surface area is 127 Å². The Balaban J connectivity index is 1.85. The minimum absolute atomic E-state index is 0.105. The Bertz CT molecular complexity index is 648. The van der Waals surface area contributed by atoms with Gasteiger partial charge in [-0.05, 0) is 44.9 Å². The van der Waals surface area contributed by atoms with Gasteiger partial charge in [-0.2, -0.15) is 0 Å². The van der Waals surface area contributed by atoms with E-state index in [0.29, 0.717) is 12.0 Å². The van der Waals surface area contributed by atoms with Crippen LogP contribution >= 0.6 is 0 Å². The molecule has 22 heavy (non-hydrogen) atoms. The molecule has 2 aliphatic rings. The van der Waals surface area contributed by atoms with Crippen LogP contribution in [0.3, 0.4) is 0 Å². The van der Waals surface area contributed by atoms with Crippen LogP contribution in [0.2, 0.25) is 0 Å². The van der Waals surface area contributed by atoms with E-state index < -0.39 is 34.7 Å². The van der Waals surface area contributed by atoms with Gasteiger partial charge in [-0.1, -0.05) is 0 Å². The summed E-state index contributed by atoms with van der Waals surface area (Å²) in [5, 5.41) is 0. The van der Waals surface area contributed by atoms with Gasteiger partial charge in [0.25, 0.3) is 0 Å². The highest BCUT2D eigenvalue weighted by molar-refractivity contribution is 5.99. The standard InChI is InChI=1S/C16H17F2NO3/c1-15(2,3)22-14(21)19-8-16(7-12(16)13(19)20)9-4-10(17)6-11(18)5-9/h4-6,12H,7-8H2,1-3H3/t12-,16+/m0/s1. The quantitative estimate of drug-likeness (QED) is 0.801. The van der Waals surface area contributed by atoms with Crippen molar-refractivity contribution in [2.45, 2.75) is 38.2 Å². The Kier molecular flexibility index (Phi) is 3.06. The van der Waals surface area contributed by atoms with Gasteiger partial charge in [0.15, 0.2) is 0 Å². The fraction of sp³-hybridized carbons (Fsp3) is 0.500. The van der Waals surface area contributed by atoms with Crippen LogP contribution in [0.15, 0.2) is 18.2 Å². The summed E-state index contributed by atoms with van der Waals surface area (Å²) in [7, 11) is 0. The third-order valence-corrected chi connectivity index (χ3v) is 4.13. The topological polar surface area (TPSA) is 46.6 Å². The number of carbonyl (C=O) groups excluding carboxylic acids is 2. The van der Waals surface area contributed by atoms with Gasteiger partial charge in [-0.25, -0.2) is 18.5 Å². The lowest BCUT2D eigenvalue weighted by Gasteiger charge is -2.25. The maximum Gasteiger partial charge on any atom is 0.417 e. The third kappa shape index (κ3) is 2.36. The lowest BCUT2D eigenvalue weighted by atomic mass is 9.95. The molecule has 2 fully saturated rings. The van der Waals surface area contributed by atoms with E-state index in [1.54, 1.807) is 20.8 Å². The van der Waals surface area contributed by atoms with Gasteiger partial charge in [0.2, 0.25) is 5.91 Å². The molecule has 0 bridgehead atoms. The van der Waals surface area contributed by atoms with Crippen LogP contribution in [0.25, 0.3) is 0 Å². The summed E-state index contributed by atoms with van der Waals surface area (Å²) in [5.41, 5.74) is -0.950. The molecule has 1 aliphatic carbocycles. The number of likely N-dealkylation sites (tertiary alicyclic amines) is 1. The molecule has 0 radical (unpaired) electrons. The number of hydrogen-bond donors (Lipinski definition) is 0. The van der Waals surface area contributed by atoms with Gasteiger partial charge in [-0.15, -0.1) is 0 Å². The molecule has 6 heteroatoms. The average Bonchev–Trinajstić information content (AvgIpc) is 3.01. The number of piperidine rings is 1. The number of ether oxygens (including phenoxy) is 1. The number of rotatable bonds is 1. The van der Waals surface area contributed by atoms with Crippen molar-refractivity contribution in [1.29, 1.82) is 0 Å². The predicted molar refractivity (Wildman–Crippen MR) is 74.1 cm³/mol. The molecule has 1 heterocycles. The van der Waals surface area contributed by atoms with E-state index in [9.17, 15) is 18.4 Å². The van der Waals surface area contributed by atoms with Crippen molar-refractivity contribution in [3.63, 3.8) is 0 Å². The third-order valence-electron chi connectivity index (χ3n) is 4.13. The zero-order valence-corrected chi connectivity index (χ0v) is 12.7.